The van der Waals surface area contributed by atoms with Gasteiger partial charge in [0.2, 0.25) is 0 Å². The van der Waals surface area contributed by atoms with Gasteiger partial charge in [0.25, 0.3) is 0 Å². The quantitative estimate of drug-likeness (QED) is 0.162. The zero-order valence-electron chi connectivity index (χ0n) is 64.7. The van der Waals surface area contributed by atoms with Gasteiger partial charge in [-0.05, 0) is 97.9 Å². The Morgan fingerprint density at radius 3 is 1.83 bits per heavy atom. The van der Waals surface area contributed by atoms with Crippen LogP contribution in [0.4, 0.5) is 0 Å². The number of fused-ring (bicyclic) bond motifs is 1. The number of pyridine rings is 1. The van der Waals surface area contributed by atoms with E-state index < -0.39 is 124 Å². The SMILES string of the molecule is [2H]C([2H])([2H])c1cc(-c2ccccc2)ccc1-n1c(-c2cc(C(C([2H])([2H])[2H])(C([2H])([2H])[2H])C([2H])([2H])[2H])cc(C(C([2H])([2H])[2H])(C([2H])([2H])[2H])C([2H])([2H])[2H])c2O)nc2c(-c3[c-]c(-c4cc(-c5ccc(C(C([2H])([2H])[2H])(C([2H])([2H])[2H])C([2H])([2H])[2H])cc5)ccn4)cc(-c4ccccc4)c3)cccc21.[Pt]. The molecule has 334 valence electrons. The average Bonchev–Trinajstić information content (AvgIpc) is 0.780. The maximum Gasteiger partial charge on any atom is 0.148 e. The van der Waals surface area contributed by atoms with Crippen LogP contribution in [0.25, 0.3) is 83.9 Å². The van der Waals surface area contributed by atoms with Gasteiger partial charge < -0.3 is 5.11 Å². The molecule has 0 spiro atoms. The van der Waals surface area contributed by atoms with Crippen LogP contribution in [-0.2, 0) is 37.3 Å². The minimum absolute atomic E-state index is 0. The van der Waals surface area contributed by atoms with Crippen LogP contribution >= 0.6 is 0 Å². The van der Waals surface area contributed by atoms with E-state index in [4.69, 9.17) is 46.1 Å². The molecule has 0 amide bonds. The van der Waals surface area contributed by atoms with E-state index in [2.05, 4.69) is 11.1 Å². The summed E-state index contributed by atoms with van der Waals surface area (Å²) in [5, 5.41) is 13.0. The van der Waals surface area contributed by atoms with Crippen molar-refractivity contribution in [3.8, 4) is 78.6 Å². The largest absolute Gasteiger partial charge is 0.507 e. The van der Waals surface area contributed by atoms with Gasteiger partial charge in [0.15, 0.2) is 0 Å². The van der Waals surface area contributed by atoms with Crippen molar-refractivity contribution in [1.82, 2.24) is 14.5 Å². The standard InChI is InChI=1S/C61H58N3O.Pt/c1-39-32-43(40-18-13-11-14-19-40)26-29-54(39)64-55-23-17-22-50(56(55)63-58(64)51-37-49(60(5,6)7)38-52(57(51)65)61(8,9)10)46-33-45(41-20-15-12-16-21-41)34-47(35-46)53-36-44(30-31-62-53)42-24-27-48(28-25-42)59(2,3)4;/h11-34,36-38,65H,1-10H3;/q-1;/i1D3,2D3,3D3,4D3,5D3,6D3,7D3,8D3,9D3,10D3;. The van der Waals surface area contributed by atoms with Crippen LogP contribution in [0.15, 0.2) is 164 Å². The molecule has 0 fully saturated rings. The van der Waals surface area contributed by atoms with Crippen LogP contribution in [-0.4, -0.2) is 19.6 Å². The predicted octanol–water partition coefficient (Wildman–Crippen LogP) is 16.1. The van der Waals surface area contributed by atoms with Gasteiger partial charge in [-0.2, -0.15) is 0 Å². The first-order valence-electron chi connectivity index (χ1n) is 35.2. The molecular formula is C61H58N3OPt-. The van der Waals surface area contributed by atoms with Gasteiger partial charge in [-0.1, -0.05) is 194 Å². The molecule has 4 nitrogen and oxygen atoms in total. The number of aromatic nitrogens is 3. The summed E-state index contributed by atoms with van der Waals surface area (Å²) >= 11 is 0. The number of phenolic OH excluding ortho intramolecular Hbond substituents is 1. The Bertz CT molecular complexity index is 4230. The Morgan fingerprint density at radius 2 is 1.15 bits per heavy atom. The van der Waals surface area contributed by atoms with Gasteiger partial charge in [0, 0.05) is 79.6 Å². The number of hydrogen-bond acceptors (Lipinski definition) is 3. The minimum atomic E-state index is -4.31. The third-order valence-electron chi connectivity index (χ3n) is 11.2. The third-order valence-corrected chi connectivity index (χ3v) is 11.2. The summed E-state index contributed by atoms with van der Waals surface area (Å²) in [5.41, 5.74) is -13.8. The van der Waals surface area contributed by atoms with Gasteiger partial charge in [-0.15, -0.1) is 23.8 Å². The molecule has 0 aliphatic carbocycles. The van der Waals surface area contributed by atoms with Gasteiger partial charge in [0.05, 0.1) is 22.3 Å². The van der Waals surface area contributed by atoms with Crippen molar-refractivity contribution in [3.05, 3.63) is 192 Å². The summed E-state index contributed by atoms with van der Waals surface area (Å²) in [4.78, 5) is 9.64. The molecule has 0 radical (unpaired) electrons. The zero-order valence-corrected chi connectivity index (χ0v) is 37.0. The number of rotatable bonds is 7. The second-order valence-corrected chi connectivity index (χ2v) is 15.8. The summed E-state index contributed by atoms with van der Waals surface area (Å²) in [5.74, 6) is -2.33. The van der Waals surface area contributed by atoms with E-state index in [1.807, 2.05) is 0 Å². The van der Waals surface area contributed by atoms with Crippen molar-refractivity contribution < 1.29 is 67.3 Å². The third kappa shape index (κ3) is 9.09. The van der Waals surface area contributed by atoms with Crippen molar-refractivity contribution in [2.24, 2.45) is 0 Å². The first-order chi connectivity index (χ1) is 43.4. The fraction of sp³-hybridized carbons (Fsp3) is 0.213. The van der Waals surface area contributed by atoms with E-state index in [0.29, 0.717) is 39.4 Å². The van der Waals surface area contributed by atoms with Crippen LogP contribution in [0, 0.1) is 12.9 Å². The molecule has 2 heterocycles. The first kappa shape index (κ1) is 22.0. The smallest absolute Gasteiger partial charge is 0.148 e. The zero-order chi connectivity index (χ0) is 70.8. The van der Waals surface area contributed by atoms with Crippen LogP contribution in [0.3, 0.4) is 0 Å². The molecule has 66 heavy (non-hydrogen) atoms. The average molecular weight is 1070 g/mol. The molecule has 9 rings (SSSR count). The fourth-order valence-electron chi connectivity index (χ4n) is 7.91. The number of benzene rings is 7. The van der Waals surface area contributed by atoms with Gasteiger partial charge >= 0.3 is 0 Å². The van der Waals surface area contributed by atoms with Crippen molar-refractivity contribution in [2.45, 2.75) is 84.8 Å². The summed E-state index contributed by atoms with van der Waals surface area (Å²) in [6.07, 6.45) is 1.42. The van der Waals surface area contributed by atoms with Crippen LogP contribution < -0.4 is 0 Å². The summed E-state index contributed by atoms with van der Waals surface area (Å²) in [6.45, 7) is -39.1. The first-order valence-corrected chi connectivity index (χ1v) is 20.2. The predicted molar refractivity (Wildman–Crippen MR) is 273 cm³/mol. The number of phenols is 1. The Morgan fingerprint density at radius 1 is 0.530 bits per heavy atom. The maximum atomic E-state index is 13.0. The molecule has 0 aliphatic heterocycles. The van der Waals surface area contributed by atoms with Crippen molar-refractivity contribution in [2.75, 3.05) is 0 Å². The molecule has 1 N–H and O–H groups in total. The Labute approximate surface area is 447 Å². The van der Waals surface area contributed by atoms with Crippen LogP contribution in [0.2, 0.25) is 0 Å². The molecule has 7 aromatic carbocycles. The van der Waals surface area contributed by atoms with Gasteiger partial charge in [0.1, 0.15) is 11.6 Å². The molecule has 5 heteroatoms. The van der Waals surface area contributed by atoms with Crippen molar-refractivity contribution in [1.29, 1.82) is 0 Å². The molecule has 0 saturated carbocycles. The maximum absolute atomic E-state index is 13.0. The molecule has 0 unspecified atom stereocenters. The fourth-order valence-corrected chi connectivity index (χ4v) is 7.91. The van der Waals surface area contributed by atoms with Crippen LogP contribution in [0.5, 0.6) is 5.75 Å². The number of aromatic hydroxyl groups is 1. The molecule has 0 bridgehead atoms. The molecule has 9 aromatic rings. The Balaban J connectivity index is 0.0000118. The summed E-state index contributed by atoms with van der Waals surface area (Å²) < 4.78 is 260. The van der Waals surface area contributed by atoms with Gasteiger partial charge in [-0.25, -0.2) is 4.98 Å². The van der Waals surface area contributed by atoms with Gasteiger partial charge in [-0.3, -0.25) is 9.55 Å². The number of hydrogen-bond donors (Lipinski definition) is 1. The van der Waals surface area contributed by atoms with E-state index >= 15 is 0 Å². The Kier molecular flexibility index (Phi) is 5.92. The van der Waals surface area contributed by atoms with E-state index in [-0.39, 0.29) is 66.2 Å². The molecule has 0 saturated heterocycles. The normalized spacial score (nSPS) is 20.7. The topological polar surface area (TPSA) is 50.9 Å². The second kappa shape index (κ2) is 17.8. The van der Waals surface area contributed by atoms with Crippen LogP contribution in [0.1, 0.15) is 125 Å². The molecular weight excluding hydrogens is 986 g/mol. The van der Waals surface area contributed by atoms with E-state index in [0.717, 1.165) is 16.7 Å². The summed E-state index contributed by atoms with van der Waals surface area (Å²) in [7, 11) is 0. The monoisotopic (exact) mass is 1070 g/mol. The van der Waals surface area contributed by atoms with E-state index in [1.165, 1.54) is 54.7 Å². The Hall–Kier alpha value is -6.35. The number of imidazole rings is 1. The molecule has 0 atom stereocenters. The van der Waals surface area contributed by atoms with Crippen molar-refractivity contribution >= 4 is 11.0 Å². The minimum Gasteiger partial charge on any atom is -0.507 e. The summed E-state index contributed by atoms with van der Waals surface area (Å²) in [6, 6.07) is 41.5. The van der Waals surface area contributed by atoms with Crippen molar-refractivity contribution in [3.63, 3.8) is 0 Å². The van der Waals surface area contributed by atoms with E-state index in [9.17, 15) is 5.11 Å². The molecule has 0 aliphatic rings. The number of nitrogens with zero attached hydrogens (tertiary/aromatic N) is 3. The number of para-hydroxylation sites is 1. The number of aryl methyl sites for hydroxylation is 1. The van der Waals surface area contributed by atoms with E-state index in [1.54, 1.807) is 84.9 Å². The molecule has 2 aromatic heterocycles. The second-order valence-electron chi connectivity index (χ2n) is 15.8.